The molecule has 1 aliphatic rings. The summed E-state index contributed by atoms with van der Waals surface area (Å²) in [4.78, 5) is 42.9. The Balaban J connectivity index is 1.89. The molecule has 1 aromatic heterocycles. The minimum atomic E-state index is -0.767. The first kappa shape index (κ1) is 20.5. The Morgan fingerprint density at radius 3 is 2.52 bits per heavy atom. The largest absolute Gasteiger partial charge is 0.366 e. The minimum Gasteiger partial charge on any atom is -0.366 e. The molecule has 2 aromatic rings. The van der Waals surface area contributed by atoms with Crippen LogP contribution in [0, 0.1) is 11.8 Å². The van der Waals surface area contributed by atoms with Crippen molar-refractivity contribution in [1.29, 1.82) is 0 Å². The van der Waals surface area contributed by atoms with Crippen molar-refractivity contribution in [3.05, 3.63) is 59.9 Å². The molecule has 152 valence electrons. The van der Waals surface area contributed by atoms with Gasteiger partial charge in [0.1, 0.15) is 0 Å². The highest BCUT2D eigenvalue weighted by atomic mass is 16.2. The molecule has 7 heteroatoms. The number of pyridine rings is 1. The lowest BCUT2D eigenvalue weighted by molar-refractivity contribution is -0.153. The number of nitrogens with zero attached hydrogens (tertiary/aromatic N) is 2. The van der Waals surface area contributed by atoms with Crippen LogP contribution >= 0.6 is 0 Å². The molecule has 1 saturated heterocycles. The van der Waals surface area contributed by atoms with Gasteiger partial charge in [0.15, 0.2) is 0 Å². The van der Waals surface area contributed by atoms with Gasteiger partial charge in [-0.05, 0) is 36.8 Å². The van der Waals surface area contributed by atoms with Crippen molar-refractivity contribution >= 4 is 23.4 Å². The highest BCUT2D eigenvalue weighted by Crippen LogP contribution is 2.43. The molecule has 7 nitrogen and oxygen atoms in total. The minimum absolute atomic E-state index is 0.157. The molecule has 1 fully saturated rings. The quantitative estimate of drug-likeness (QED) is 0.780. The summed E-state index contributed by atoms with van der Waals surface area (Å²) in [5, 5.41) is 2.55. The number of nitrogens with one attached hydrogen (secondary N) is 1. The summed E-state index contributed by atoms with van der Waals surface area (Å²) in [5.74, 6) is -1.59. The van der Waals surface area contributed by atoms with E-state index in [1.54, 1.807) is 4.90 Å². The van der Waals surface area contributed by atoms with Crippen LogP contribution in [0.3, 0.4) is 0 Å². The maximum atomic E-state index is 13.2. The lowest BCUT2D eigenvalue weighted by atomic mass is 9.71. The van der Waals surface area contributed by atoms with E-state index in [4.69, 9.17) is 5.73 Å². The Morgan fingerprint density at radius 2 is 1.86 bits per heavy atom. The van der Waals surface area contributed by atoms with Crippen LogP contribution in [-0.4, -0.2) is 34.2 Å². The molecule has 0 aliphatic carbocycles. The Morgan fingerprint density at radius 1 is 1.17 bits per heavy atom. The SMILES string of the molecule is C[C@H]1C[C@@H](C)[C@@](C)(c2ccccc2)N(C(=O)C(=O)Nc2cncc(C(N)=O)c2)C1. The van der Waals surface area contributed by atoms with Crippen LogP contribution in [0.5, 0.6) is 0 Å². The number of aromatic nitrogens is 1. The average Bonchev–Trinajstić information content (AvgIpc) is 2.71. The second kappa shape index (κ2) is 8.03. The molecule has 1 aromatic carbocycles. The van der Waals surface area contributed by atoms with E-state index in [1.807, 2.05) is 37.3 Å². The molecule has 1 aliphatic heterocycles. The maximum absolute atomic E-state index is 13.2. The van der Waals surface area contributed by atoms with Gasteiger partial charge in [0.05, 0.1) is 23.0 Å². The number of amides is 3. The van der Waals surface area contributed by atoms with Crippen molar-refractivity contribution in [1.82, 2.24) is 9.88 Å². The number of likely N-dealkylation sites (tertiary alicyclic amines) is 1. The Labute approximate surface area is 170 Å². The van der Waals surface area contributed by atoms with E-state index in [2.05, 4.69) is 24.1 Å². The zero-order chi connectivity index (χ0) is 21.2. The summed E-state index contributed by atoms with van der Waals surface area (Å²) in [6.07, 6.45) is 3.64. The van der Waals surface area contributed by atoms with Gasteiger partial charge in [0.25, 0.3) is 0 Å². The van der Waals surface area contributed by atoms with E-state index in [1.165, 1.54) is 18.5 Å². The lowest BCUT2D eigenvalue weighted by Crippen LogP contribution is -2.59. The van der Waals surface area contributed by atoms with Crippen LogP contribution in [0.1, 0.15) is 43.1 Å². The highest BCUT2D eigenvalue weighted by Gasteiger charge is 2.47. The van der Waals surface area contributed by atoms with Crippen molar-refractivity contribution < 1.29 is 14.4 Å². The van der Waals surface area contributed by atoms with Gasteiger partial charge in [-0.2, -0.15) is 0 Å². The van der Waals surface area contributed by atoms with Crippen molar-refractivity contribution in [2.45, 2.75) is 32.7 Å². The van der Waals surface area contributed by atoms with Gasteiger partial charge in [-0.25, -0.2) is 0 Å². The summed E-state index contributed by atoms with van der Waals surface area (Å²) in [7, 11) is 0. The summed E-state index contributed by atoms with van der Waals surface area (Å²) >= 11 is 0. The van der Waals surface area contributed by atoms with Crippen LogP contribution in [0.4, 0.5) is 5.69 Å². The van der Waals surface area contributed by atoms with Gasteiger partial charge >= 0.3 is 11.8 Å². The third kappa shape index (κ3) is 3.99. The Hall–Kier alpha value is -3.22. The summed E-state index contributed by atoms with van der Waals surface area (Å²) in [6.45, 7) is 6.70. The average molecular weight is 394 g/mol. The smallest absolute Gasteiger partial charge is 0.313 e. The summed E-state index contributed by atoms with van der Waals surface area (Å²) in [5.41, 5.74) is 6.06. The van der Waals surface area contributed by atoms with Crippen molar-refractivity contribution in [2.24, 2.45) is 17.6 Å². The van der Waals surface area contributed by atoms with Crippen LogP contribution < -0.4 is 11.1 Å². The number of carbonyl (C=O) groups excluding carboxylic acids is 3. The molecule has 2 heterocycles. The molecule has 3 atom stereocenters. The van der Waals surface area contributed by atoms with Gasteiger partial charge in [-0.3, -0.25) is 19.4 Å². The van der Waals surface area contributed by atoms with Gasteiger partial charge in [0, 0.05) is 12.7 Å². The molecule has 0 saturated carbocycles. The van der Waals surface area contributed by atoms with E-state index < -0.39 is 23.3 Å². The number of hydrogen-bond donors (Lipinski definition) is 2. The third-order valence-corrected chi connectivity index (χ3v) is 5.85. The van der Waals surface area contributed by atoms with Crippen LogP contribution in [0.2, 0.25) is 0 Å². The standard InChI is InChI=1S/C22H26N4O3/c1-14-9-15(2)22(3,17-7-5-4-6-8-17)26(13-14)21(29)20(28)25-18-10-16(19(23)27)11-24-12-18/h4-8,10-12,14-15H,9,13H2,1-3H3,(H2,23,27)(H,25,28)/t14-,15+,22-/m0/s1. The van der Waals surface area contributed by atoms with E-state index >= 15 is 0 Å². The third-order valence-electron chi connectivity index (χ3n) is 5.85. The maximum Gasteiger partial charge on any atom is 0.313 e. The zero-order valence-electron chi connectivity index (χ0n) is 16.9. The zero-order valence-corrected chi connectivity index (χ0v) is 16.9. The molecule has 3 amide bonds. The molecular weight excluding hydrogens is 368 g/mol. The predicted molar refractivity (Wildman–Crippen MR) is 110 cm³/mol. The molecule has 0 bridgehead atoms. The summed E-state index contributed by atoms with van der Waals surface area (Å²) in [6, 6.07) is 11.2. The number of primary amides is 1. The lowest BCUT2D eigenvalue weighted by Gasteiger charge is -2.51. The van der Waals surface area contributed by atoms with Gasteiger partial charge in [-0.15, -0.1) is 0 Å². The fourth-order valence-electron chi connectivity index (χ4n) is 4.13. The first-order valence-corrected chi connectivity index (χ1v) is 9.66. The number of rotatable bonds is 3. The fourth-order valence-corrected chi connectivity index (χ4v) is 4.13. The normalized spacial score (nSPS) is 24.0. The van der Waals surface area contributed by atoms with E-state index in [0.29, 0.717) is 6.54 Å². The molecule has 0 spiro atoms. The van der Waals surface area contributed by atoms with Crippen molar-refractivity contribution in [3.63, 3.8) is 0 Å². The van der Waals surface area contributed by atoms with Crippen molar-refractivity contribution in [3.8, 4) is 0 Å². The molecule has 0 radical (unpaired) electrons. The second-order valence-corrected chi connectivity index (χ2v) is 7.95. The first-order valence-electron chi connectivity index (χ1n) is 9.66. The van der Waals surface area contributed by atoms with Crippen LogP contribution in [0.15, 0.2) is 48.8 Å². The van der Waals surface area contributed by atoms with Gasteiger partial charge in [-0.1, -0.05) is 44.2 Å². The number of benzene rings is 1. The number of anilines is 1. The van der Waals surface area contributed by atoms with E-state index in [-0.39, 0.29) is 23.1 Å². The Kier molecular flexibility index (Phi) is 5.68. The molecule has 3 N–H and O–H groups in total. The Bertz CT molecular complexity index is 931. The first-order chi connectivity index (χ1) is 13.7. The number of nitrogens with two attached hydrogens (primary N) is 1. The molecule has 3 rings (SSSR count). The van der Waals surface area contributed by atoms with Crippen LogP contribution in [-0.2, 0) is 15.1 Å². The van der Waals surface area contributed by atoms with Gasteiger partial charge in [0.2, 0.25) is 5.91 Å². The summed E-state index contributed by atoms with van der Waals surface area (Å²) < 4.78 is 0. The molecule has 0 unspecified atom stereocenters. The number of piperidine rings is 1. The fraction of sp³-hybridized carbons (Fsp3) is 0.364. The highest BCUT2D eigenvalue weighted by molar-refractivity contribution is 6.39. The van der Waals surface area contributed by atoms with Gasteiger partial charge < -0.3 is 16.0 Å². The molecule has 29 heavy (non-hydrogen) atoms. The van der Waals surface area contributed by atoms with E-state index in [9.17, 15) is 14.4 Å². The number of carbonyl (C=O) groups is 3. The number of hydrogen-bond acceptors (Lipinski definition) is 4. The topological polar surface area (TPSA) is 105 Å². The van der Waals surface area contributed by atoms with Crippen molar-refractivity contribution in [2.75, 3.05) is 11.9 Å². The second-order valence-electron chi connectivity index (χ2n) is 7.95. The predicted octanol–water partition coefficient (Wildman–Crippen LogP) is 2.54. The van der Waals surface area contributed by atoms with E-state index in [0.717, 1.165) is 12.0 Å². The van der Waals surface area contributed by atoms with Crippen LogP contribution in [0.25, 0.3) is 0 Å². The molecular formula is C22H26N4O3. The monoisotopic (exact) mass is 394 g/mol.